The number of hydrogen-bond donors (Lipinski definition) is 4. The summed E-state index contributed by atoms with van der Waals surface area (Å²) < 4.78 is 0. The van der Waals surface area contributed by atoms with Crippen LogP contribution >= 0.6 is 0 Å². The summed E-state index contributed by atoms with van der Waals surface area (Å²) in [6.45, 7) is 3.95. The average Bonchev–Trinajstić information content (AvgIpc) is 3.18. The number of aliphatic hydroxyl groups is 2. The summed E-state index contributed by atoms with van der Waals surface area (Å²) in [7, 11) is 0. The van der Waals surface area contributed by atoms with Gasteiger partial charge in [0.1, 0.15) is 0 Å². The van der Waals surface area contributed by atoms with E-state index in [9.17, 15) is 10.2 Å². The predicted octanol–water partition coefficient (Wildman–Crippen LogP) is 2.79. The molecule has 4 rings (SSSR count). The van der Waals surface area contributed by atoms with Gasteiger partial charge in [-0.25, -0.2) is 4.99 Å². The monoisotopic (exact) mass is 335 g/mol. The molecule has 5 nitrogen and oxygen atoms in total. The summed E-state index contributed by atoms with van der Waals surface area (Å²) in [5, 5.41) is 24.0. The molecule has 1 aromatic heterocycles. The maximum atomic E-state index is 10.6. The number of benzene rings is 1. The van der Waals surface area contributed by atoms with Crippen LogP contribution in [0.4, 0.5) is 5.69 Å². The van der Waals surface area contributed by atoms with Gasteiger partial charge < -0.3 is 20.5 Å². The van der Waals surface area contributed by atoms with Gasteiger partial charge in [-0.3, -0.25) is 0 Å². The van der Waals surface area contributed by atoms with Crippen LogP contribution in [0.2, 0.25) is 0 Å². The van der Waals surface area contributed by atoms with Crippen LogP contribution in [0, 0.1) is 5.92 Å². The number of H-pyrrole nitrogens is 1. The summed E-state index contributed by atoms with van der Waals surface area (Å²) in [4.78, 5) is 7.56. The van der Waals surface area contributed by atoms with Crippen LogP contribution < -0.4 is 5.32 Å². The van der Waals surface area contributed by atoms with E-state index in [0.29, 0.717) is 6.42 Å². The Morgan fingerprint density at radius 3 is 2.76 bits per heavy atom. The van der Waals surface area contributed by atoms with E-state index in [4.69, 9.17) is 0 Å². The Kier molecular flexibility index (Phi) is 4.03. The fraction of sp³-hybridized carbons (Fsp3) is 0.250. The zero-order valence-corrected chi connectivity index (χ0v) is 13.8. The van der Waals surface area contributed by atoms with E-state index in [2.05, 4.69) is 21.9 Å². The first-order chi connectivity index (χ1) is 12.1. The molecule has 1 aliphatic carbocycles. The predicted molar refractivity (Wildman–Crippen MR) is 99.5 cm³/mol. The molecular weight excluding hydrogens is 314 g/mol. The summed E-state index contributed by atoms with van der Waals surface area (Å²) in [6, 6.07) is 9.96. The molecule has 1 aliphatic heterocycles. The van der Waals surface area contributed by atoms with Crippen LogP contribution in [0.1, 0.15) is 29.2 Å². The Morgan fingerprint density at radius 2 is 1.96 bits per heavy atom. The molecule has 2 aromatic rings. The van der Waals surface area contributed by atoms with E-state index in [1.54, 1.807) is 6.34 Å². The molecule has 0 amide bonds. The Bertz CT molecular complexity index is 838. The van der Waals surface area contributed by atoms with Crippen LogP contribution in [-0.2, 0) is 0 Å². The van der Waals surface area contributed by atoms with E-state index < -0.39 is 12.2 Å². The molecule has 2 aliphatic rings. The minimum Gasteiger partial charge on any atom is -0.390 e. The van der Waals surface area contributed by atoms with E-state index in [1.807, 2.05) is 48.7 Å². The molecule has 0 saturated heterocycles. The molecule has 25 heavy (non-hydrogen) atoms. The third-order valence-corrected chi connectivity index (χ3v) is 5.08. The largest absolute Gasteiger partial charge is 0.390 e. The standard InChI is InChI=1S/C20H21N3O2/c1-12-17-18(23-11-22-12)16(10-21-17)15-9-14(19(24)20(15)25)8-7-13-5-3-2-4-6-13/h2-8,10-11,14-15,19-21,24-25H,1,9H2,(H,22,23)/b8-7+/t14-,15-,19+,20-/m0/s1. The van der Waals surface area contributed by atoms with Crippen LogP contribution in [-0.4, -0.2) is 33.7 Å². The van der Waals surface area contributed by atoms with Gasteiger partial charge in [0.2, 0.25) is 0 Å². The lowest BCUT2D eigenvalue weighted by Gasteiger charge is -2.17. The van der Waals surface area contributed by atoms with Gasteiger partial charge in [-0.15, -0.1) is 0 Å². The van der Waals surface area contributed by atoms with Crippen molar-refractivity contribution in [1.82, 2.24) is 10.3 Å². The first-order valence-electron chi connectivity index (χ1n) is 8.44. The number of aliphatic imine (C=N–C) groups is 1. The number of aliphatic hydroxyl groups excluding tert-OH is 2. The van der Waals surface area contributed by atoms with Gasteiger partial charge in [0.05, 0.1) is 35.6 Å². The highest BCUT2D eigenvalue weighted by Crippen LogP contribution is 2.45. The minimum absolute atomic E-state index is 0.0975. The van der Waals surface area contributed by atoms with E-state index >= 15 is 0 Å². The number of nitrogens with one attached hydrogen (secondary N) is 2. The topological polar surface area (TPSA) is 80.6 Å². The van der Waals surface area contributed by atoms with Crippen molar-refractivity contribution in [2.45, 2.75) is 24.5 Å². The van der Waals surface area contributed by atoms with Crippen molar-refractivity contribution in [2.24, 2.45) is 10.9 Å². The van der Waals surface area contributed by atoms with Gasteiger partial charge in [0, 0.05) is 23.6 Å². The van der Waals surface area contributed by atoms with Gasteiger partial charge >= 0.3 is 0 Å². The van der Waals surface area contributed by atoms with Crippen molar-refractivity contribution in [3.8, 4) is 0 Å². The Labute approximate surface area is 146 Å². The van der Waals surface area contributed by atoms with Crippen molar-refractivity contribution in [3.05, 3.63) is 66.0 Å². The molecular formula is C20H21N3O2. The van der Waals surface area contributed by atoms with Gasteiger partial charge in [0.25, 0.3) is 0 Å². The maximum absolute atomic E-state index is 10.6. The second-order valence-electron chi connectivity index (χ2n) is 6.61. The maximum Gasteiger partial charge on any atom is 0.0953 e. The number of hydrogen-bond acceptors (Lipinski definition) is 4. The zero-order valence-electron chi connectivity index (χ0n) is 13.8. The molecule has 1 saturated carbocycles. The first-order valence-corrected chi connectivity index (χ1v) is 8.44. The highest BCUT2D eigenvalue weighted by atomic mass is 16.3. The quantitative estimate of drug-likeness (QED) is 0.696. The fourth-order valence-electron chi connectivity index (χ4n) is 3.70. The van der Waals surface area contributed by atoms with Gasteiger partial charge in [-0.2, -0.15) is 0 Å². The third kappa shape index (κ3) is 2.81. The first kappa shape index (κ1) is 15.9. The summed E-state index contributed by atoms with van der Waals surface area (Å²) in [5.74, 6) is -0.261. The summed E-state index contributed by atoms with van der Waals surface area (Å²) in [5.41, 5.74) is 4.40. The summed E-state index contributed by atoms with van der Waals surface area (Å²) >= 11 is 0. The Morgan fingerprint density at radius 1 is 1.16 bits per heavy atom. The van der Waals surface area contributed by atoms with Crippen LogP contribution in [0.15, 0.2) is 54.2 Å². The van der Waals surface area contributed by atoms with Gasteiger partial charge in [-0.1, -0.05) is 49.1 Å². The number of fused-ring (bicyclic) bond motifs is 1. The molecule has 4 atom stereocenters. The Hall–Kier alpha value is -2.63. The molecule has 0 unspecified atom stereocenters. The highest BCUT2D eigenvalue weighted by molar-refractivity contribution is 5.86. The minimum atomic E-state index is -0.816. The molecule has 2 heterocycles. The van der Waals surface area contributed by atoms with Gasteiger partial charge in [0.15, 0.2) is 0 Å². The molecule has 5 heteroatoms. The number of nitrogens with zero attached hydrogens (tertiary/aromatic N) is 1. The van der Waals surface area contributed by atoms with Crippen LogP contribution in [0.3, 0.4) is 0 Å². The normalized spacial score (nSPS) is 28.3. The second kappa shape index (κ2) is 6.35. The smallest absolute Gasteiger partial charge is 0.0953 e. The van der Waals surface area contributed by atoms with Crippen molar-refractivity contribution in [1.29, 1.82) is 0 Å². The molecule has 0 spiro atoms. The van der Waals surface area contributed by atoms with Gasteiger partial charge in [-0.05, 0) is 12.0 Å². The van der Waals surface area contributed by atoms with Crippen molar-refractivity contribution in [2.75, 3.05) is 0 Å². The lowest BCUT2D eigenvalue weighted by atomic mass is 9.95. The van der Waals surface area contributed by atoms with E-state index in [0.717, 1.165) is 28.2 Å². The van der Waals surface area contributed by atoms with Crippen molar-refractivity contribution >= 4 is 23.8 Å². The lowest BCUT2D eigenvalue weighted by molar-refractivity contribution is 0.0230. The summed E-state index contributed by atoms with van der Waals surface area (Å²) in [6.07, 6.45) is 6.53. The van der Waals surface area contributed by atoms with Crippen molar-refractivity contribution < 1.29 is 10.2 Å². The fourth-order valence-corrected chi connectivity index (χ4v) is 3.70. The highest BCUT2D eigenvalue weighted by Gasteiger charge is 2.42. The van der Waals surface area contributed by atoms with E-state index in [-0.39, 0.29) is 11.8 Å². The number of aromatic amines is 1. The average molecular weight is 335 g/mol. The van der Waals surface area contributed by atoms with Crippen molar-refractivity contribution in [3.63, 3.8) is 0 Å². The molecule has 1 fully saturated rings. The molecule has 1 aromatic carbocycles. The Balaban J connectivity index is 1.58. The lowest BCUT2D eigenvalue weighted by Crippen LogP contribution is -2.26. The number of rotatable bonds is 3. The number of aromatic nitrogens is 1. The zero-order chi connectivity index (χ0) is 17.4. The SMILES string of the molecule is C=C1NC=Nc2c([C@@H]3C[C@H](/C=C/c4ccccc4)[C@@H](O)[C@H]3O)c[nH]c21. The molecule has 128 valence electrons. The molecule has 0 radical (unpaired) electrons. The molecule has 0 bridgehead atoms. The van der Waals surface area contributed by atoms with Crippen LogP contribution in [0.25, 0.3) is 11.8 Å². The second-order valence-corrected chi connectivity index (χ2v) is 6.61. The third-order valence-electron chi connectivity index (χ3n) is 5.08. The van der Waals surface area contributed by atoms with E-state index in [1.165, 1.54) is 0 Å². The van der Waals surface area contributed by atoms with Crippen LogP contribution in [0.5, 0.6) is 0 Å². The molecule has 4 N–H and O–H groups in total.